The van der Waals surface area contributed by atoms with Gasteiger partial charge in [0.05, 0.1) is 0 Å². The second-order valence-corrected chi connectivity index (χ2v) is 6.44. The quantitative estimate of drug-likeness (QED) is 0.651. The van der Waals surface area contributed by atoms with Gasteiger partial charge in [-0.25, -0.2) is 0 Å². The molecular weight excluding hydrogens is 236 g/mol. The molecule has 94 valence electrons. The first-order chi connectivity index (χ1) is 8.50. The van der Waals surface area contributed by atoms with Crippen LogP contribution in [0.3, 0.4) is 0 Å². The summed E-state index contributed by atoms with van der Waals surface area (Å²) in [6, 6.07) is 17.6. The molecule has 0 nitrogen and oxygen atoms in total. The number of benzene rings is 2. The molecule has 0 aliphatic heterocycles. The Morgan fingerprint density at radius 3 is 1.56 bits per heavy atom. The van der Waals surface area contributed by atoms with Gasteiger partial charge in [0.2, 0.25) is 0 Å². The molecule has 0 heterocycles. The van der Waals surface area contributed by atoms with E-state index in [2.05, 4.69) is 75.6 Å². The highest BCUT2D eigenvalue weighted by Gasteiger charge is 2.12. The van der Waals surface area contributed by atoms with Gasteiger partial charge in [-0.15, -0.1) is 11.8 Å². The third-order valence-corrected chi connectivity index (χ3v) is 3.92. The van der Waals surface area contributed by atoms with Gasteiger partial charge in [-0.2, -0.15) is 0 Å². The Morgan fingerprint density at radius 1 is 0.722 bits per heavy atom. The minimum Gasteiger partial charge on any atom is -0.130 e. The lowest BCUT2D eigenvalue weighted by Crippen LogP contribution is -2.10. The lowest BCUT2D eigenvalue weighted by Gasteiger charge is -2.19. The molecule has 0 unspecified atom stereocenters. The zero-order valence-corrected chi connectivity index (χ0v) is 12.3. The van der Waals surface area contributed by atoms with Crippen molar-refractivity contribution in [2.45, 2.75) is 31.1 Å². The highest BCUT2D eigenvalue weighted by Crippen LogP contribution is 2.27. The molecule has 2 aromatic carbocycles. The summed E-state index contributed by atoms with van der Waals surface area (Å²) >= 11 is 1.78. The molecule has 0 radical (unpaired) electrons. The fourth-order valence-corrected chi connectivity index (χ4v) is 2.35. The summed E-state index contributed by atoms with van der Waals surface area (Å²) in [6.07, 6.45) is 2.10. The SMILES string of the molecule is CSc1ccc(-c2ccc(C(C)(C)C)cc2)cc1. The highest BCUT2D eigenvalue weighted by molar-refractivity contribution is 7.98. The fourth-order valence-electron chi connectivity index (χ4n) is 1.95. The van der Waals surface area contributed by atoms with Crippen LogP contribution in [0.2, 0.25) is 0 Å². The highest BCUT2D eigenvalue weighted by atomic mass is 32.2. The van der Waals surface area contributed by atoms with Crippen LogP contribution >= 0.6 is 11.8 Å². The van der Waals surface area contributed by atoms with Gasteiger partial charge in [0.25, 0.3) is 0 Å². The first kappa shape index (κ1) is 13.2. The lowest BCUT2D eigenvalue weighted by atomic mass is 9.86. The normalized spacial score (nSPS) is 11.6. The topological polar surface area (TPSA) is 0 Å². The van der Waals surface area contributed by atoms with Gasteiger partial charge in [-0.1, -0.05) is 57.2 Å². The Labute approximate surface area is 114 Å². The molecule has 2 rings (SSSR count). The van der Waals surface area contributed by atoms with E-state index >= 15 is 0 Å². The second kappa shape index (κ2) is 5.19. The van der Waals surface area contributed by atoms with Gasteiger partial charge in [0.15, 0.2) is 0 Å². The average Bonchev–Trinajstić information content (AvgIpc) is 2.38. The maximum absolute atomic E-state index is 2.25. The molecule has 1 heteroatoms. The van der Waals surface area contributed by atoms with Crippen molar-refractivity contribution in [3.63, 3.8) is 0 Å². The van der Waals surface area contributed by atoms with Crippen LogP contribution in [0.4, 0.5) is 0 Å². The molecule has 2 aromatic rings. The molecule has 0 spiro atoms. The van der Waals surface area contributed by atoms with Crippen LogP contribution in [0.25, 0.3) is 11.1 Å². The van der Waals surface area contributed by atoms with Crippen molar-refractivity contribution in [2.75, 3.05) is 6.26 Å². The van der Waals surface area contributed by atoms with Crippen LogP contribution in [0.1, 0.15) is 26.3 Å². The molecule has 0 saturated heterocycles. The molecular formula is C17H20S. The van der Waals surface area contributed by atoms with Gasteiger partial charge in [0, 0.05) is 4.90 Å². The summed E-state index contributed by atoms with van der Waals surface area (Å²) in [6.45, 7) is 6.74. The Balaban J connectivity index is 2.28. The molecule has 0 amide bonds. The summed E-state index contributed by atoms with van der Waals surface area (Å²) in [4.78, 5) is 1.31. The molecule has 0 N–H and O–H groups in total. The number of hydrogen-bond donors (Lipinski definition) is 0. The lowest BCUT2D eigenvalue weighted by molar-refractivity contribution is 0.590. The van der Waals surface area contributed by atoms with Crippen LogP contribution < -0.4 is 0 Å². The largest absolute Gasteiger partial charge is 0.130 e. The van der Waals surface area contributed by atoms with Gasteiger partial charge >= 0.3 is 0 Å². The molecule has 0 bridgehead atoms. The van der Waals surface area contributed by atoms with E-state index in [9.17, 15) is 0 Å². The van der Waals surface area contributed by atoms with Crippen molar-refractivity contribution in [1.82, 2.24) is 0 Å². The number of hydrogen-bond acceptors (Lipinski definition) is 1. The Morgan fingerprint density at radius 2 is 1.17 bits per heavy atom. The van der Waals surface area contributed by atoms with E-state index in [1.807, 2.05) is 0 Å². The minimum absolute atomic E-state index is 0.223. The van der Waals surface area contributed by atoms with Crippen LogP contribution in [0.5, 0.6) is 0 Å². The van der Waals surface area contributed by atoms with Crippen LogP contribution in [0, 0.1) is 0 Å². The van der Waals surface area contributed by atoms with Crippen molar-refractivity contribution in [3.05, 3.63) is 54.1 Å². The minimum atomic E-state index is 0.223. The molecule has 0 saturated carbocycles. The first-order valence-electron chi connectivity index (χ1n) is 6.26. The van der Waals surface area contributed by atoms with Crippen molar-refractivity contribution < 1.29 is 0 Å². The molecule has 0 aliphatic rings. The summed E-state index contributed by atoms with van der Waals surface area (Å²) in [5.74, 6) is 0. The molecule has 0 atom stereocenters. The Kier molecular flexibility index (Phi) is 3.82. The maximum Gasteiger partial charge on any atom is 0.00695 e. The average molecular weight is 256 g/mol. The van der Waals surface area contributed by atoms with E-state index in [-0.39, 0.29) is 5.41 Å². The maximum atomic E-state index is 2.25. The Hall–Kier alpha value is -1.21. The first-order valence-corrected chi connectivity index (χ1v) is 7.48. The summed E-state index contributed by atoms with van der Waals surface area (Å²) in [7, 11) is 0. The van der Waals surface area contributed by atoms with E-state index < -0.39 is 0 Å². The summed E-state index contributed by atoms with van der Waals surface area (Å²) in [5, 5.41) is 0. The van der Waals surface area contributed by atoms with Crippen molar-refractivity contribution in [3.8, 4) is 11.1 Å². The monoisotopic (exact) mass is 256 g/mol. The van der Waals surface area contributed by atoms with Gasteiger partial charge in [-0.3, -0.25) is 0 Å². The predicted molar refractivity (Wildman–Crippen MR) is 82.4 cm³/mol. The van der Waals surface area contributed by atoms with E-state index in [1.165, 1.54) is 21.6 Å². The van der Waals surface area contributed by atoms with E-state index in [1.54, 1.807) is 11.8 Å². The van der Waals surface area contributed by atoms with E-state index in [0.29, 0.717) is 0 Å². The van der Waals surface area contributed by atoms with Gasteiger partial charge in [-0.05, 0) is 40.5 Å². The van der Waals surface area contributed by atoms with Crippen molar-refractivity contribution in [1.29, 1.82) is 0 Å². The number of rotatable bonds is 2. The third kappa shape index (κ3) is 2.97. The number of thioether (sulfide) groups is 1. The predicted octanol–water partition coefficient (Wildman–Crippen LogP) is 5.37. The van der Waals surface area contributed by atoms with Gasteiger partial charge in [0.1, 0.15) is 0 Å². The van der Waals surface area contributed by atoms with E-state index in [0.717, 1.165) is 0 Å². The van der Waals surface area contributed by atoms with Gasteiger partial charge < -0.3 is 0 Å². The molecule has 0 aliphatic carbocycles. The zero-order chi connectivity index (χ0) is 13.2. The molecule has 0 fully saturated rings. The van der Waals surface area contributed by atoms with E-state index in [4.69, 9.17) is 0 Å². The van der Waals surface area contributed by atoms with Crippen LogP contribution in [-0.2, 0) is 5.41 Å². The zero-order valence-electron chi connectivity index (χ0n) is 11.5. The molecule has 0 aromatic heterocycles. The standard InChI is InChI=1S/C17H20S/c1-17(2,3)15-9-5-13(6-10-15)14-7-11-16(18-4)12-8-14/h5-12H,1-4H3. The Bertz CT molecular complexity index is 501. The molecule has 18 heavy (non-hydrogen) atoms. The van der Waals surface area contributed by atoms with Crippen molar-refractivity contribution in [2.24, 2.45) is 0 Å². The third-order valence-electron chi connectivity index (χ3n) is 3.17. The summed E-state index contributed by atoms with van der Waals surface area (Å²) in [5.41, 5.74) is 4.18. The smallest absolute Gasteiger partial charge is 0.00695 e. The summed E-state index contributed by atoms with van der Waals surface area (Å²) < 4.78 is 0. The van der Waals surface area contributed by atoms with Crippen LogP contribution in [0.15, 0.2) is 53.4 Å². The second-order valence-electron chi connectivity index (χ2n) is 5.56. The van der Waals surface area contributed by atoms with Crippen molar-refractivity contribution >= 4 is 11.8 Å². The fraction of sp³-hybridized carbons (Fsp3) is 0.294. The van der Waals surface area contributed by atoms with Crippen LogP contribution in [-0.4, -0.2) is 6.26 Å².